The van der Waals surface area contributed by atoms with Gasteiger partial charge in [0.05, 0.1) is 19.3 Å². The molecule has 98 valence electrons. The Kier molecular flexibility index (Phi) is 4.03. The predicted molar refractivity (Wildman–Crippen MR) is 65.7 cm³/mol. The summed E-state index contributed by atoms with van der Waals surface area (Å²) in [6.07, 6.45) is 7.06. The van der Waals surface area contributed by atoms with Gasteiger partial charge in [-0.25, -0.2) is 4.79 Å². The van der Waals surface area contributed by atoms with Crippen molar-refractivity contribution in [1.82, 2.24) is 0 Å². The molecule has 0 radical (unpaired) electrons. The zero-order chi connectivity index (χ0) is 13.0. The molecule has 4 nitrogen and oxygen atoms in total. The Morgan fingerprint density at radius 2 is 2.11 bits per heavy atom. The van der Waals surface area contributed by atoms with E-state index in [4.69, 9.17) is 10.00 Å². The Morgan fingerprint density at radius 1 is 1.39 bits per heavy atom. The van der Waals surface area contributed by atoms with Crippen molar-refractivity contribution in [3.05, 3.63) is 11.1 Å². The van der Waals surface area contributed by atoms with Crippen LogP contribution >= 0.6 is 0 Å². The fourth-order valence-electron chi connectivity index (χ4n) is 3.02. The summed E-state index contributed by atoms with van der Waals surface area (Å²) in [5.74, 6) is -0.514. The molecule has 2 aliphatic rings. The lowest BCUT2D eigenvalue weighted by Crippen LogP contribution is -2.39. The van der Waals surface area contributed by atoms with E-state index in [9.17, 15) is 4.79 Å². The number of carbonyl (C=O) groups is 1. The van der Waals surface area contributed by atoms with Crippen molar-refractivity contribution in [3.63, 3.8) is 0 Å². The van der Waals surface area contributed by atoms with E-state index in [1.807, 2.05) is 6.07 Å². The van der Waals surface area contributed by atoms with Crippen LogP contribution in [-0.2, 0) is 14.3 Å². The first-order valence-corrected chi connectivity index (χ1v) is 6.55. The molecule has 1 heterocycles. The van der Waals surface area contributed by atoms with Crippen LogP contribution in [0.5, 0.6) is 0 Å². The molecular formula is C14H19NO3. The number of ether oxygens (including phenoxy) is 2. The van der Waals surface area contributed by atoms with Crippen LogP contribution < -0.4 is 0 Å². The number of nitrogens with zero attached hydrogens (tertiary/aromatic N) is 1. The summed E-state index contributed by atoms with van der Waals surface area (Å²) in [7, 11) is 1.32. The van der Waals surface area contributed by atoms with Gasteiger partial charge in [-0.05, 0) is 31.3 Å². The normalized spacial score (nSPS) is 25.3. The molecule has 2 fully saturated rings. The van der Waals surface area contributed by atoms with Crippen molar-refractivity contribution < 1.29 is 14.3 Å². The van der Waals surface area contributed by atoms with Crippen molar-refractivity contribution in [1.29, 1.82) is 5.26 Å². The summed E-state index contributed by atoms with van der Waals surface area (Å²) in [5.41, 5.74) is 0.977. The Hall–Kier alpha value is -1.34. The van der Waals surface area contributed by atoms with Gasteiger partial charge in [-0.2, -0.15) is 5.26 Å². The van der Waals surface area contributed by atoms with Crippen LogP contribution in [0.3, 0.4) is 0 Å². The van der Waals surface area contributed by atoms with Crippen molar-refractivity contribution in [2.75, 3.05) is 13.7 Å². The maximum atomic E-state index is 11.6. The smallest absolute Gasteiger partial charge is 0.348 e. The second-order valence-corrected chi connectivity index (χ2v) is 5.10. The number of methoxy groups -OCH3 is 1. The first kappa shape index (κ1) is 13.1. The van der Waals surface area contributed by atoms with Crippen LogP contribution in [0.25, 0.3) is 0 Å². The number of hydrogen-bond donors (Lipinski definition) is 0. The zero-order valence-corrected chi connectivity index (χ0v) is 10.8. The van der Waals surface area contributed by atoms with Crippen molar-refractivity contribution in [2.24, 2.45) is 0 Å². The molecule has 1 saturated carbocycles. The lowest BCUT2D eigenvalue weighted by Gasteiger charge is -2.41. The summed E-state index contributed by atoms with van der Waals surface area (Å²) < 4.78 is 10.6. The van der Waals surface area contributed by atoms with Crippen LogP contribution in [0, 0.1) is 11.3 Å². The van der Waals surface area contributed by atoms with E-state index in [1.54, 1.807) is 0 Å². The molecule has 0 bridgehead atoms. The largest absolute Gasteiger partial charge is 0.465 e. The van der Waals surface area contributed by atoms with Crippen LogP contribution in [0.1, 0.15) is 44.9 Å². The van der Waals surface area contributed by atoms with E-state index in [0.29, 0.717) is 19.4 Å². The molecule has 1 aliphatic carbocycles. The average Bonchev–Trinajstić information content (AvgIpc) is 2.40. The Bertz CT molecular complexity index is 394. The van der Waals surface area contributed by atoms with Crippen LogP contribution in [0.4, 0.5) is 0 Å². The second kappa shape index (κ2) is 5.53. The molecular weight excluding hydrogens is 230 g/mol. The third-order valence-electron chi connectivity index (χ3n) is 3.97. The van der Waals surface area contributed by atoms with E-state index in [0.717, 1.165) is 18.4 Å². The summed E-state index contributed by atoms with van der Waals surface area (Å²) in [4.78, 5) is 11.6. The maximum absolute atomic E-state index is 11.6. The highest BCUT2D eigenvalue weighted by Gasteiger charge is 2.38. The van der Waals surface area contributed by atoms with E-state index in [1.165, 1.54) is 26.4 Å². The lowest BCUT2D eigenvalue weighted by molar-refractivity contribution is -0.135. The monoisotopic (exact) mass is 249 g/mol. The molecule has 1 aliphatic heterocycles. The molecule has 4 heteroatoms. The minimum absolute atomic E-state index is 0.123. The maximum Gasteiger partial charge on any atom is 0.348 e. The number of nitriles is 1. The number of esters is 1. The Labute approximate surface area is 108 Å². The summed E-state index contributed by atoms with van der Waals surface area (Å²) >= 11 is 0. The van der Waals surface area contributed by atoms with Gasteiger partial charge in [0.2, 0.25) is 0 Å². The minimum Gasteiger partial charge on any atom is -0.465 e. The number of carbonyl (C=O) groups excluding carboxylic acids is 1. The van der Waals surface area contributed by atoms with Crippen molar-refractivity contribution in [3.8, 4) is 6.07 Å². The second-order valence-electron chi connectivity index (χ2n) is 5.10. The van der Waals surface area contributed by atoms with Gasteiger partial charge in [-0.1, -0.05) is 19.3 Å². The van der Waals surface area contributed by atoms with Gasteiger partial charge in [-0.15, -0.1) is 0 Å². The molecule has 0 atom stereocenters. The van der Waals surface area contributed by atoms with Crippen molar-refractivity contribution >= 4 is 5.97 Å². The van der Waals surface area contributed by atoms with E-state index in [-0.39, 0.29) is 11.2 Å². The van der Waals surface area contributed by atoms with Gasteiger partial charge in [0, 0.05) is 0 Å². The lowest BCUT2D eigenvalue weighted by atomic mass is 9.77. The fourth-order valence-corrected chi connectivity index (χ4v) is 3.02. The van der Waals surface area contributed by atoms with E-state index < -0.39 is 5.97 Å². The summed E-state index contributed by atoms with van der Waals surface area (Å²) in [6, 6.07) is 1.99. The van der Waals surface area contributed by atoms with Gasteiger partial charge in [-0.3, -0.25) is 0 Å². The Balaban J connectivity index is 2.21. The molecule has 1 spiro atoms. The highest BCUT2D eigenvalue weighted by atomic mass is 16.5. The molecule has 0 N–H and O–H groups in total. The van der Waals surface area contributed by atoms with Gasteiger partial charge in [0.1, 0.15) is 11.6 Å². The highest BCUT2D eigenvalue weighted by Crippen LogP contribution is 2.41. The number of rotatable bonds is 1. The van der Waals surface area contributed by atoms with Crippen LogP contribution in [0.2, 0.25) is 0 Å². The Morgan fingerprint density at radius 3 is 2.72 bits per heavy atom. The SMILES string of the molecule is COC(=O)C(C#N)=C1CCOC2(CCCCC2)C1. The fraction of sp³-hybridized carbons (Fsp3) is 0.714. The third-order valence-corrected chi connectivity index (χ3v) is 3.97. The zero-order valence-electron chi connectivity index (χ0n) is 10.8. The van der Waals surface area contributed by atoms with E-state index in [2.05, 4.69) is 4.74 Å². The molecule has 0 aromatic carbocycles. The first-order valence-electron chi connectivity index (χ1n) is 6.55. The summed E-state index contributed by atoms with van der Waals surface area (Å²) in [5, 5.41) is 9.12. The summed E-state index contributed by atoms with van der Waals surface area (Å²) in [6.45, 7) is 0.609. The molecule has 1 saturated heterocycles. The number of hydrogen-bond acceptors (Lipinski definition) is 4. The third kappa shape index (κ3) is 2.56. The highest BCUT2D eigenvalue weighted by molar-refractivity contribution is 5.93. The first-order chi connectivity index (χ1) is 8.71. The molecule has 0 unspecified atom stereocenters. The van der Waals surface area contributed by atoms with E-state index >= 15 is 0 Å². The quantitative estimate of drug-likeness (QED) is 0.407. The van der Waals surface area contributed by atoms with Crippen molar-refractivity contribution in [2.45, 2.75) is 50.5 Å². The molecule has 18 heavy (non-hydrogen) atoms. The topological polar surface area (TPSA) is 59.3 Å². The van der Waals surface area contributed by atoms with Crippen LogP contribution in [-0.4, -0.2) is 25.3 Å². The molecule has 0 amide bonds. The standard InChI is InChI=1S/C14H19NO3/c1-17-13(16)12(10-15)11-5-8-18-14(9-11)6-3-2-4-7-14/h2-9H2,1H3. The predicted octanol–water partition coefficient (Wildman–Crippen LogP) is 2.49. The average molecular weight is 249 g/mol. The van der Waals surface area contributed by atoms with Crippen LogP contribution in [0.15, 0.2) is 11.1 Å². The minimum atomic E-state index is -0.514. The molecule has 2 rings (SSSR count). The van der Waals surface area contributed by atoms with Gasteiger partial charge >= 0.3 is 5.97 Å². The van der Waals surface area contributed by atoms with Gasteiger partial charge in [0.25, 0.3) is 0 Å². The molecule has 0 aromatic rings. The van der Waals surface area contributed by atoms with Gasteiger partial charge in [0.15, 0.2) is 0 Å². The van der Waals surface area contributed by atoms with Gasteiger partial charge < -0.3 is 9.47 Å². The molecule has 0 aromatic heterocycles.